The molecule has 7 heteroatoms. The van der Waals surface area contributed by atoms with Gasteiger partial charge in [-0.3, -0.25) is 0 Å². The van der Waals surface area contributed by atoms with Crippen molar-refractivity contribution in [1.82, 2.24) is 9.71 Å². The number of sulfonamides is 1. The molecule has 19 heavy (non-hydrogen) atoms. The predicted octanol–water partition coefficient (Wildman–Crippen LogP) is 2.28. The van der Waals surface area contributed by atoms with Gasteiger partial charge in [-0.15, -0.1) is 0 Å². The minimum absolute atomic E-state index is 0.0197. The number of halogens is 1. The van der Waals surface area contributed by atoms with Crippen molar-refractivity contribution >= 4 is 27.4 Å². The van der Waals surface area contributed by atoms with Crippen LogP contribution in [-0.4, -0.2) is 19.9 Å². The lowest BCUT2D eigenvalue weighted by Gasteiger charge is -2.29. The van der Waals surface area contributed by atoms with Gasteiger partial charge in [0.05, 0.1) is 5.02 Å². The number of pyridine rings is 1. The van der Waals surface area contributed by atoms with Crippen molar-refractivity contribution in [2.24, 2.45) is 11.3 Å². The summed E-state index contributed by atoms with van der Waals surface area (Å²) in [5, 5.41) is 0.131. The van der Waals surface area contributed by atoms with E-state index < -0.39 is 10.0 Å². The van der Waals surface area contributed by atoms with Crippen molar-refractivity contribution in [3.8, 4) is 0 Å². The lowest BCUT2D eigenvalue weighted by molar-refractivity contribution is 0.252. The van der Waals surface area contributed by atoms with Gasteiger partial charge in [0.25, 0.3) is 0 Å². The SMILES string of the molecule is CC(C)C(C)(C)CNS(=O)(=O)c1cnc(N)c(Cl)c1. The summed E-state index contributed by atoms with van der Waals surface area (Å²) < 4.78 is 26.8. The third-order valence-corrected chi connectivity index (χ3v) is 5.11. The van der Waals surface area contributed by atoms with Crippen LogP contribution in [0.3, 0.4) is 0 Å². The highest BCUT2D eigenvalue weighted by Crippen LogP contribution is 2.26. The van der Waals surface area contributed by atoms with Crippen molar-refractivity contribution in [2.45, 2.75) is 32.6 Å². The third kappa shape index (κ3) is 4.06. The standard InChI is InChI=1S/C12H20ClN3O2S/c1-8(2)12(3,4)7-16-19(17,18)9-5-10(13)11(14)15-6-9/h5-6,8,16H,7H2,1-4H3,(H2,14,15). The molecule has 0 aliphatic rings. The van der Waals surface area contributed by atoms with Crippen LogP contribution in [0.25, 0.3) is 0 Å². The van der Waals surface area contributed by atoms with E-state index in [0.717, 1.165) is 0 Å². The first kappa shape index (κ1) is 16.2. The molecular weight excluding hydrogens is 286 g/mol. The maximum absolute atomic E-state index is 12.1. The van der Waals surface area contributed by atoms with Crippen LogP contribution in [-0.2, 0) is 10.0 Å². The molecule has 0 radical (unpaired) electrons. The normalized spacial score (nSPS) is 12.9. The summed E-state index contributed by atoms with van der Waals surface area (Å²) in [6, 6.07) is 1.30. The minimum Gasteiger partial charge on any atom is -0.382 e. The summed E-state index contributed by atoms with van der Waals surface area (Å²) in [5.74, 6) is 0.464. The van der Waals surface area contributed by atoms with Crippen molar-refractivity contribution in [2.75, 3.05) is 12.3 Å². The van der Waals surface area contributed by atoms with Gasteiger partial charge in [-0.05, 0) is 17.4 Å². The molecule has 5 nitrogen and oxygen atoms in total. The number of aromatic nitrogens is 1. The van der Waals surface area contributed by atoms with Crippen LogP contribution in [0.4, 0.5) is 5.82 Å². The highest BCUT2D eigenvalue weighted by atomic mass is 35.5. The molecule has 3 N–H and O–H groups in total. The zero-order valence-corrected chi connectivity index (χ0v) is 13.1. The van der Waals surface area contributed by atoms with E-state index in [4.69, 9.17) is 17.3 Å². The fourth-order valence-electron chi connectivity index (χ4n) is 1.15. The molecular formula is C12H20ClN3O2S. The van der Waals surface area contributed by atoms with E-state index in [-0.39, 0.29) is 21.2 Å². The second-order valence-electron chi connectivity index (χ2n) is 5.51. The maximum atomic E-state index is 12.1. The highest BCUT2D eigenvalue weighted by molar-refractivity contribution is 7.89. The van der Waals surface area contributed by atoms with Crippen LogP contribution in [0.1, 0.15) is 27.7 Å². The molecule has 1 heterocycles. The maximum Gasteiger partial charge on any atom is 0.242 e. The minimum atomic E-state index is -3.62. The number of hydrogen-bond acceptors (Lipinski definition) is 4. The quantitative estimate of drug-likeness (QED) is 0.874. The Labute approximate surface area is 119 Å². The molecule has 108 valence electrons. The predicted molar refractivity (Wildman–Crippen MR) is 77.5 cm³/mol. The molecule has 0 saturated heterocycles. The van der Waals surface area contributed by atoms with Gasteiger partial charge in [-0.25, -0.2) is 18.1 Å². The molecule has 1 aromatic heterocycles. The zero-order valence-electron chi connectivity index (χ0n) is 11.6. The molecule has 0 aromatic carbocycles. The van der Waals surface area contributed by atoms with Gasteiger partial charge in [-0.2, -0.15) is 0 Å². The van der Waals surface area contributed by atoms with Crippen molar-refractivity contribution in [3.63, 3.8) is 0 Å². The van der Waals surface area contributed by atoms with Crippen LogP contribution in [0.15, 0.2) is 17.2 Å². The number of hydrogen-bond donors (Lipinski definition) is 2. The van der Waals surface area contributed by atoms with Crippen molar-refractivity contribution in [1.29, 1.82) is 0 Å². The summed E-state index contributed by atoms with van der Waals surface area (Å²) in [6.07, 6.45) is 1.20. The number of nitrogens with one attached hydrogen (secondary N) is 1. The Balaban J connectivity index is 2.90. The van der Waals surface area contributed by atoms with Gasteiger partial charge in [-0.1, -0.05) is 39.3 Å². The first-order valence-electron chi connectivity index (χ1n) is 5.97. The molecule has 0 aliphatic carbocycles. The molecule has 0 bridgehead atoms. The van der Waals surface area contributed by atoms with E-state index in [1.54, 1.807) is 0 Å². The van der Waals surface area contributed by atoms with E-state index in [0.29, 0.717) is 12.5 Å². The highest BCUT2D eigenvalue weighted by Gasteiger charge is 2.25. The van der Waals surface area contributed by atoms with Crippen LogP contribution in [0.2, 0.25) is 5.02 Å². The fourth-order valence-corrected chi connectivity index (χ4v) is 2.57. The van der Waals surface area contributed by atoms with Crippen LogP contribution >= 0.6 is 11.6 Å². The van der Waals surface area contributed by atoms with Gasteiger partial charge in [0.1, 0.15) is 10.7 Å². The molecule has 0 aliphatic heterocycles. The van der Waals surface area contributed by atoms with E-state index in [9.17, 15) is 8.42 Å². The average molecular weight is 306 g/mol. The van der Waals surface area contributed by atoms with Gasteiger partial charge in [0.15, 0.2) is 0 Å². The Kier molecular flexibility index (Phi) is 4.81. The van der Waals surface area contributed by atoms with Gasteiger partial charge < -0.3 is 5.73 Å². The number of nitrogens with two attached hydrogens (primary N) is 1. The first-order valence-corrected chi connectivity index (χ1v) is 7.83. The zero-order chi connectivity index (χ0) is 14.8. The Hall–Kier alpha value is -0.850. The summed E-state index contributed by atoms with van der Waals surface area (Å²) in [7, 11) is -3.62. The van der Waals surface area contributed by atoms with Gasteiger partial charge >= 0.3 is 0 Å². The number of anilines is 1. The van der Waals surface area contributed by atoms with Gasteiger partial charge in [0.2, 0.25) is 10.0 Å². The summed E-state index contributed by atoms with van der Waals surface area (Å²) in [5.41, 5.74) is 5.32. The second-order valence-corrected chi connectivity index (χ2v) is 7.68. The van der Waals surface area contributed by atoms with Crippen LogP contribution in [0, 0.1) is 11.3 Å². The Bertz CT molecular complexity index is 556. The molecule has 1 aromatic rings. The lowest BCUT2D eigenvalue weighted by Crippen LogP contribution is -2.37. The fraction of sp³-hybridized carbons (Fsp3) is 0.583. The van der Waals surface area contributed by atoms with E-state index in [1.165, 1.54) is 12.3 Å². The molecule has 0 unspecified atom stereocenters. The molecule has 0 atom stereocenters. The van der Waals surface area contributed by atoms with E-state index in [2.05, 4.69) is 23.6 Å². The molecule has 0 spiro atoms. The molecule has 1 rings (SSSR count). The first-order chi connectivity index (χ1) is 8.56. The number of nitrogen functional groups attached to an aromatic ring is 1. The second kappa shape index (κ2) is 5.64. The lowest BCUT2D eigenvalue weighted by atomic mass is 9.81. The number of rotatable bonds is 5. The monoisotopic (exact) mass is 305 g/mol. The molecule has 0 fully saturated rings. The Morgan fingerprint density at radius 1 is 1.47 bits per heavy atom. The van der Waals surface area contributed by atoms with E-state index >= 15 is 0 Å². The smallest absolute Gasteiger partial charge is 0.242 e. The largest absolute Gasteiger partial charge is 0.382 e. The Morgan fingerprint density at radius 2 is 2.05 bits per heavy atom. The third-order valence-electron chi connectivity index (χ3n) is 3.44. The average Bonchev–Trinajstić information content (AvgIpc) is 2.30. The van der Waals surface area contributed by atoms with Crippen molar-refractivity contribution in [3.05, 3.63) is 17.3 Å². The number of nitrogens with zero attached hydrogens (tertiary/aromatic N) is 1. The summed E-state index contributed by atoms with van der Waals surface area (Å²) in [6.45, 7) is 8.46. The molecule has 0 amide bonds. The van der Waals surface area contributed by atoms with E-state index in [1.807, 2.05) is 13.8 Å². The topological polar surface area (TPSA) is 85.1 Å². The van der Waals surface area contributed by atoms with Crippen LogP contribution in [0.5, 0.6) is 0 Å². The molecule has 0 saturated carbocycles. The van der Waals surface area contributed by atoms with Crippen LogP contribution < -0.4 is 10.5 Å². The van der Waals surface area contributed by atoms with Gasteiger partial charge in [0, 0.05) is 12.7 Å². The van der Waals surface area contributed by atoms with Crippen molar-refractivity contribution < 1.29 is 8.42 Å². The summed E-state index contributed by atoms with van der Waals surface area (Å²) >= 11 is 5.78. The summed E-state index contributed by atoms with van der Waals surface area (Å²) in [4.78, 5) is 3.77. The Morgan fingerprint density at radius 3 is 2.53 bits per heavy atom.